The van der Waals surface area contributed by atoms with E-state index >= 15 is 0 Å². The molecule has 0 saturated carbocycles. The van der Waals surface area contributed by atoms with Crippen LogP contribution in [0.2, 0.25) is 0 Å². The fourth-order valence-electron chi connectivity index (χ4n) is 1.30. The van der Waals surface area contributed by atoms with Crippen molar-refractivity contribution in [2.24, 2.45) is 0 Å². The van der Waals surface area contributed by atoms with Gasteiger partial charge in [-0.2, -0.15) is 0 Å². The van der Waals surface area contributed by atoms with Crippen LogP contribution < -0.4 is 5.32 Å². The van der Waals surface area contributed by atoms with Crippen LogP contribution in [0.25, 0.3) is 0 Å². The first-order chi connectivity index (χ1) is 7.61. The number of esters is 1. The first-order valence-electron chi connectivity index (χ1n) is 5.16. The van der Waals surface area contributed by atoms with E-state index in [9.17, 15) is 9.18 Å². The van der Waals surface area contributed by atoms with Crippen LogP contribution in [0.4, 0.5) is 4.39 Å². The molecule has 16 heavy (non-hydrogen) atoms. The molecule has 4 heteroatoms. The minimum absolute atomic E-state index is 0.0394. The number of methoxy groups -OCH3 is 1. The van der Waals surface area contributed by atoms with Crippen molar-refractivity contribution < 1.29 is 13.9 Å². The highest BCUT2D eigenvalue weighted by Gasteiger charge is 2.08. The minimum atomic E-state index is -0.244. The van der Waals surface area contributed by atoms with Crippen molar-refractivity contribution in [3.63, 3.8) is 0 Å². The number of nitrogens with one attached hydrogen (secondary N) is 1. The third-order valence-corrected chi connectivity index (χ3v) is 2.27. The molecule has 0 bridgehead atoms. The maximum absolute atomic E-state index is 12.6. The van der Waals surface area contributed by atoms with E-state index in [1.165, 1.54) is 19.2 Å². The maximum Gasteiger partial charge on any atom is 0.307 e. The molecule has 0 fully saturated rings. The molecule has 88 valence electrons. The molecule has 0 spiro atoms. The number of hydrogen-bond donors (Lipinski definition) is 1. The Morgan fingerprint density at radius 1 is 1.44 bits per heavy atom. The van der Waals surface area contributed by atoms with Gasteiger partial charge in [-0.05, 0) is 24.6 Å². The molecule has 1 N–H and O–H groups in total. The maximum atomic E-state index is 12.6. The van der Waals surface area contributed by atoms with Crippen LogP contribution in [0.5, 0.6) is 0 Å². The van der Waals surface area contributed by atoms with E-state index in [0.717, 1.165) is 5.56 Å². The molecule has 1 atom stereocenters. The van der Waals surface area contributed by atoms with Gasteiger partial charge in [0.1, 0.15) is 5.82 Å². The van der Waals surface area contributed by atoms with Crippen molar-refractivity contribution in [3.8, 4) is 0 Å². The molecule has 0 saturated heterocycles. The van der Waals surface area contributed by atoms with Gasteiger partial charge < -0.3 is 10.1 Å². The zero-order valence-electron chi connectivity index (χ0n) is 9.50. The summed E-state index contributed by atoms with van der Waals surface area (Å²) < 4.78 is 17.2. The fraction of sp³-hybridized carbons (Fsp3) is 0.417. The van der Waals surface area contributed by atoms with Gasteiger partial charge in [0.15, 0.2) is 0 Å². The van der Waals surface area contributed by atoms with Crippen LogP contribution in [0.15, 0.2) is 24.3 Å². The predicted octanol–water partition coefficient (Wildman–Crippen LogP) is 1.87. The Kier molecular flexibility index (Phi) is 4.92. The standard InChI is InChI=1S/C12H16FNO2/c1-9(7-12(15)16-2)14-8-10-3-5-11(13)6-4-10/h3-6,9,14H,7-8H2,1-2H3/t9-/m0/s1. The lowest BCUT2D eigenvalue weighted by Crippen LogP contribution is -2.28. The van der Waals surface area contributed by atoms with Crippen molar-refractivity contribution in [2.45, 2.75) is 25.9 Å². The third kappa shape index (κ3) is 4.40. The fourth-order valence-corrected chi connectivity index (χ4v) is 1.30. The molecule has 0 unspecified atom stereocenters. The summed E-state index contributed by atoms with van der Waals surface area (Å²) in [5.41, 5.74) is 0.984. The van der Waals surface area contributed by atoms with Gasteiger partial charge in [-0.15, -0.1) is 0 Å². The van der Waals surface area contributed by atoms with Gasteiger partial charge in [0.2, 0.25) is 0 Å². The number of ether oxygens (including phenoxy) is 1. The van der Waals surface area contributed by atoms with Crippen molar-refractivity contribution in [3.05, 3.63) is 35.6 Å². The quantitative estimate of drug-likeness (QED) is 0.777. The van der Waals surface area contributed by atoms with Crippen molar-refractivity contribution >= 4 is 5.97 Å². The topological polar surface area (TPSA) is 38.3 Å². The molecular formula is C12H16FNO2. The van der Waals surface area contributed by atoms with E-state index in [1.54, 1.807) is 12.1 Å². The Bertz CT molecular complexity index is 337. The summed E-state index contributed by atoms with van der Waals surface area (Å²) in [5.74, 6) is -0.481. The van der Waals surface area contributed by atoms with Crippen molar-refractivity contribution in [1.82, 2.24) is 5.32 Å². The second-order valence-electron chi connectivity index (χ2n) is 3.69. The molecule has 0 aromatic heterocycles. The molecule has 0 aliphatic heterocycles. The van der Waals surface area contributed by atoms with Gasteiger partial charge in [-0.1, -0.05) is 12.1 Å². The van der Waals surface area contributed by atoms with Gasteiger partial charge >= 0.3 is 5.97 Å². The lowest BCUT2D eigenvalue weighted by Gasteiger charge is -2.12. The molecule has 3 nitrogen and oxygen atoms in total. The highest BCUT2D eigenvalue weighted by atomic mass is 19.1. The van der Waals surface area contributed by atoms with Crippen molar-refractivity contribution in [1.29, 1.82) is 0 Å². The minimum Gasteiger partial charge on any atom is -0.469 e. The number of halogens is 1. The van der Waals surface area contributed by atoms with Gasteiger partial charge in [-0.3, -0.25) is 4.79 Å². The van der Waals surface area contributed by atoms with E-state index in [2.05, 4.69) is 10.1 Å². The number of hydrogen-bond acceptors (Lipinski definition) is 3. The van der Waals surface area contributed by atoms with E-state index < -0.39 is 0 Å². The predicted molar refractivity (Wildman–Crippen MR) is 59.3 cm³/mol. The number of carbonyl (C=O) groups excluding carboxylic acids is 1. The van der Waals surface area contributed by atoms with Gasteiger partial charge in [0.05, 0.1) is 13.5 Å². The Balaban J connectivity index is 2.34. The van der Waals surface area contributed by atoms with E-state index in [-0.39, 0.29) is 17.8 Å². The summed E-state index contributed by atoms with van der Waals surface area (Å²) in [6, 6.07) is 6.31. The van der Waals surface area contributed by atoms with Crippen LogP contribution in [0.1, 0.15) is 18.9 Å². The highest BCUT2D eigenvalue weighted by Crippen LogP contribution is 2.03. The lowest BCUT2D eigenvalue weighted by atomic mass is 10.2. The van der Waals surface area contributed by atoms with E-state index in [4.69, 9.17) is 0 Å². The average molecular weight is 225 g/mol. The normalized spacial score (nSPS) is 12.2. The lowest BCUT2D eigenvalue weighted by molar-refractivity contribution is -0.141. The first-order valence-corrected chi connectivity index (χ1v) is 5.16. The molecule has 0 heterocycles. The summed E-state index contributed by atoms with van der Waals surface area (Å²) in [6.07, 6.45) is 0.331. The largest absolute Gasteiger partial charge is 0.469 e. The Hall–Kier alpha value is -1.42. The summed E-state index contributed by atoms with van der Waals surface area (Å²) >= 11 is 0. The van der Waals surface area contributed by atoms with Gasteiger partial charge in [-0.25, -0.2) is 4.39 Å². The van der Waals surface area contributed by atoms with E-state index in [1.807, 2.05) is 6.92 Å². The first kappa shape index (κ1) is 12.6. The van der Waals surface area contributed by atoms with Crippen LogP contribution in [-0.4, -0.2) is 19.1 Å². The SMILES string of the molecule is COC(=O)C[C@H](C)NCc1ccc(F)cc1. The van der Waals surface area contributed by atoms with Crippen molar-refractivity contribution in [2.75, 3.05) is 7.11 Å². The molecular weight excluding hydrogens is 209 g/mol. The van der Waals surface area contributed by atoms with Gasteiger partial charge in [0.25, 0.3) is 0 Å². The smallest absolute Gasteiger partial charge is 0.307 e. The number of rotatable bonds is 5. The molecule has 1 rings (SSSR count). The molecule has 1 aromatic rings. The second-order valence-corrected chi connectivity index (χ2v) is 3.69. The zero-order chi connectivity index (χ0) is 12.0. The van der Waals surface area contributed by atoms with Crippen LogP contribution in [0, 0.1) is 5.82 Å². The molecule has 1 aromatic carbocycles. The monoisotopic (exact) mass is 225 g/mol. The average Bonchev–Trinajstić information content (AvgIpc) is 2.28. The summed E-state index contributed by atoms with van der Waals surface area (Å²) in [4.78, 5) is 11.0. The number of carbonyl (C=O) groups is 1. The van der Waals surface area contributed by atoms with E-state index in [0.29, 0.717) is 13.0 Å². The van der Waals surface area contributed by atoms with Crippen LogP contribution in [0.3, 0.4) is 0 Å². The third-order valence-electron chi connectivity index (χ3n) is 2.27. The molecule has 0 aliphatic carbocycles. The molecule has 0 radical (unpaired) electrons. The zero-order valence-corrected chi connectivity index (χ0v) is 9.50. The highest BCUT2D eigenvalue weighted by molar-refractivity contribution is 5.69. The molecule has 0 amide bonds. The summed E-state index contributed by atoms with van der Waals surface area (Å²) in [5, 5.41) is 3.16. The number of benzene rings is 1. The Labute approximate surface area is 94.6 Å². The Morgan fingerprint density at radius 2 is 2.06 bits per heavy atom. The van der Waals surface area contributed by atoms with Gasteiger partial charge in [0, 0.05) is 12.6 Å². The summed E-state index contributed by atoms with van der Waals surface area (Å²) in [7, 11) is 1.37. The van der Waals surface area contributed by atoms with Crippen LogP contribution >= 0.6 is 0 Å². The second kappa shape index (κ2) is 6.23. The van der Waals surface area contributed by atoms with Crippen LogP contribution in [-0.2, 0) is 16.1 Å². The Morgan fingerprint density at radius 3 is 2.62 bits per heavy atom. The molecule has 0 aliphatic rings. The summed E-state index contributed by atoms with van der Waals surface area (Å²) in [6.45, 7) is 2.51.